The van der Waals surface area contributed by atoms with Crippen molar-refractivity contribution in [2.45, 2.75) is 25.3 Å². The van der Waals surface area contributed by atoms with E-state index in [9.17, 15) is 8.42 Å². The Morgan fingerprint density at radius 1 is 1.03 bits per heavy atom. The van der Waals surface area contributed by atoms with Gasteiger partial charge in [0, 0.05) is 5.56 Å². The third-order valence-corrected chi connectivity index (χ3v) is 7.89. The Labute approximate surface area is 171 Å². The van der Waals surface area contributed by atoms with E-state index in [1.54, 1.807) is 23.5 Å². The van der Waals surface area contributed by atoms with Crippen molar-refractivity contribution >= 4 is 10.0 Å². The molecule has 1 N–H and O–H groups in total. The number of nitrogens with zero attached hydrogens (tertiary/aromatic N) is 1. The Morgan fingerprint density at radius 3 is 2.48 bits per heavy atom. The molecule has 0 amide bonds. The number of methoxy groups -OCH3 is 1. The molecule has 0 aromatic heterocycles. The van der Waals surface area contributed by atoms with E-state index in [2.05, 4.69) is 0 Å². The molecule has 0 radical (unpaired) electrons. The number of ether oxygens (including phenoxy) is 3. The summed E-state index contributed by atoms with van der Waals surface area (Å²) in [6.45, 7) is 7.38. The summed E-state index contributed by atoms with van der Waals surface area (Å²) in [5.74, 6) is 2.28. The highest BCUT2D eigenvalue weighted by atomic mass is 32.2. The summed E-state index contributed by atoms with van der Waals surface area (Å²) in [6, 6.07) is 9.39. The first-order valence-corrected chi connectivity index (χ1v) is 11.2. The summed E-state index contributed by atoms with van der Waals surface area (Å²) in [6.07, 6.45) is 0. The molecule has 2 aliphatic rings. The average molecular weight is 420 g/mol. The minimum absolute atomic E-state index is 0.270. The van der Waals surface area contributed by atoms with Crippen LogP contribution in [0.5, 0.6) is 17.2 Å². The molecule has 0 saturated carbocycles. The minimum Gasteiger partial charge on any atom is -0.496 e. The first kappa shape index (κ1) is 20.0. The Morgan fingerprint density at radius 2 is 1.76 bits per heavy atom. The van der Waals surface area contributed by atoms with E-state index in [1.165, 1.54) is 10.5 Å². The number of quaternary nitrogens is 1. The van der Waals surface area contributed by atoms with Crippen LogP contribution in [0.4, 0.5) is 0 Å². The van der Waals surface area contributed by atoms with Gasteiger partial charge < -0.3 is 19.1 Å². The summed E-state index contributed by atoms with van der Waals surface area (Å²) in [5, 5.41) is 0. The fourth-order valence-electron chi connectivity index (χ4n) is 3.97. The zero-order valence-corrected chi connectivity index (χ0v) is 17.8. The van der Waals surface area contributed by atoms with Crippen molar-refractivity contribution in [2.24, 2.45) is 0 Å². The maximum absolute atomic E-state index is 13.2. The number of nitrogens with one attached hydrogen (secondary N) is 1. The van der Waals surface area contributed by atoms with Gasteiger partial charge in [0.2, 0.25) is 16.8 Å². The molecule has 2 aliphatic heterocycles. The molecular weight excluding hydrogens is 392 g/mol. The van der Waals surface area contributed by atoms with Crippen LogP contribution in [0, 0.1) is 13.8 Å². The number of fused-ring (bicyclic) bond motifs is 1. The predicted octanol–water partition coefficient (Wildman–Crippen LogP) is 1.13. The molecular formula is C21H27N2O5S+. The Hall–Kier alpha value is -2.29. The van der Waals surface area contributed by atoms with Crippen molar-refractivity contribution in [3.63, 3.8) is 0 Å². The lowest BCUT2D eigenvalue weighted by Crippen LogP contribution is -3.13. The maximum atomic E-state index is 13.2. The molecule has 2 aromatic rings. The first-order valence-electron chi connectivity index (χ1n) is 9.76. The quantitative estimate of drug-likeness (QED) is 0.787. The van der Waals surface area contributed by atoms with Gasteiger partial charge >= 0.3 is 0 Å². The predicted molar refractivity (Wildman–Crippen MR) is 108 cm³/mol. The standard InChI is InChI=1S/C21H26N2O5S/c1-15-16(2)21(7-6-18(15)26-3)29(24,25)23-10-8-22(9-11-23)13-17-4-5-19-20(12-17)28-14-27-19/h4-7,12H,8-11,13-14H2,1-3H3/p+1. The van der Waals surface area contributed by atoms with Crippen LogP contribution in [0.25, 0.3) is 0 Å². The number of rotatable bonds is 5. The van der Waals surface area contributed by atoms with Gasteiger partial charge in [0.05, 0.1) is 38.2 Å². The van der Waals surface area contributed by atoms with Crippen LogP contribution in [0.3, 0.4) is 0 Å². The van der Waals surface area contributed by atoms with Crippen LogP contribution in [0.15, 0.2) is 35.2 Å². The zero-order valence-electron chi connectivity index (χ0n) is 17.0. The third-order valence-electron chi connectivity index (χ3n) is 5.85. The Kier molecular flexibility index (Phi) is 5.42. The second-order valence-corrected chi connectivity index (χ2v) is 9.44. The minimum atomic E-state index is -3.52. The largest absolute Gasteiger partial charge is 0.496 e. The van der Waals surface area contributed by atoms with Gasteiger partial charge in [-0.3, -0.25) is 0 Å². The lowest BCUT2D eigenvalue weighted by molar-refractivity contribution is -0.917. The van der Waals surface area contributed by atoms with Crippen molar-refractivity contribution in [3.05, 3.63) is 47.0 Å². The summed E-state index contributed by atoms with van der Waals surface area (Å²) in [7, 11) is -1.92. The molecule has 0 bridgehead atoms. The van der Waals surface area contributed by atoms with Crippen molar-refractivity contribution in [3.8, 4) is 17.2 Å². The van der Waals surface area contributed by atoms with E-state index < -0.39 is 10.0 Å². The highest BCUT2D eigenvalue weighted by Gasteiger charge is 2.32. The van der Waals surface area contributed by atoms with E-state index in [-0.39, 0.29) is 6.79 Å². The molecule has 0 spiro atoms. The molecule has 1 saturated heterocycles. The van der Waals surface area contributed by atoms with E-state index in [0.717, 1.165) is 42.3 Å². The lowest BCUT2D eigenvalue weighted by atomic mass is 10.1. The molecule has 4 rings (SSSR count). The van der Waals surface area contributed by atoms with Crippen molar-refractivity contribution < 1.29 is 27.5 Å². The van der Waals surface area contributed by atoms with Gasteiger partial charge in [0.1, 0.15) is 12.3 Å². The average Bonchev–Trinajstić information content (AvgIpc) is 3.18. The Bertz CT molecular complexity index is 1010. The van der Waals surface area contributed by atoms with Gasteiger partial charge in [-0.1, -0.05) is 0 Å². The van der Waals surface area contributed by atoms with E-state index >= 15 is 0 Å². The second kappa shape index (κ2) is 7.85. The third kappa shape index (κ3) is 3.80. The number of sulfonamides is 1. The number of benzene rings is 2. The highest BCUT2D eigenvalue weighted by molar-refractivity contribution is 7.89. The molecule has 156 valence electrons. The van der Waals surface area contributed by atoms with Crippen LogP contribution in [-0.4, -0.2) is 52.8 Å². The molecule has 0 aliphatic carbocycles. The summed E-state index contributed by atoms with van der Waals surface area (Å²) >= 11 is 0. The van der Waals surface area contributed by atoms with Crippen molar-refractivity contribution in [1.82, 2.24) is 4.31 Å². The Balaban J connectivity index is 1.43. The van der Waals surface area contributed by atoms with E-state index in [1.807, 2.05) is 32.0 Å². The highest BCUT2D eigenvalue weighted by Crippen LogP contribution is 2.32. The van der Waals surface area contributed by atoms with Gasteiger partial charge in [-0.25, -0.2) is 8.42 Å². The first-order chi connectivity index (χ1) is 13.9. The van der Waals surface area contributed by atoms with Gasteiger partial charge in [-0.05, 0) is 55.3 Å². The van der Waals surface area contributed by atoms with Crippen LogP contribution < -0.4 is 19.1 Å². The van der Waals surface area contributed by atoms with Crippen LogP contribution in [0.1, 0.15) is 16.7 Å². The van der Waals surface area contributed by atoms with E-state index in [0.29, 0.717) is 23.7 Å². The zero-order chi connectivity index (χ0) is 20.6. The van der Waals surface area contributed by atoms with Crippen LogP contribution in [0.2, 0.25) is 0 Å². The van der Waals surface area contributed by atoms with Crippen molar-refractivity contribution in [2.75, 3.05) is 40.1 Å². The van der Waals surface area contributed by atoms with Gasteiger partial charge in [0.25, 0.3) is 0 Å². The second-order valence-electron chi connectivity index (χ2n) is 7.53. The normalized spacial score (nSPS) is 17.5. The summed E-state index contributed by atoms with van der Waals surface area (Å²) in [4.78, 5) is 1.73. The lowest BCUT2D eigenvalue weighted by Gasteiger charge is -2.32. The molecule has 0 unspecified atom stereocenters. The topological polar surface area (TPSA) is 69.5 Å². The molecule has 0 atom stereocenters. The van der Waals surface area contributed by atoms with Crippen LogP contribution >= 0.6 is 0 Å². The van der Waals surface area contributed by atoms with Gasteiger partial charge in [-0.2, -0.15) is 4.31 Å². The number of hydrogen-bond donors (Lipinski definition) is 1. The molecule has 2 heterocycles. The fourth-order valence-corrected chi connectivity index (χ4v) is 5.69. The fraction of sp³-hybridized carbons (Fsp3) is 0.429. The monoisotopic (exact) mass is 419 g/mol. The molecule has 1 fully saturated rings. The maximum Gasteiger partial charge on any atom is 0.243 e. The molecule has 29 heavy (non-hydrogen) atoms. The smallest absolute Gasteiger partial charge is 0.243 e. The summed E-state index contributed by atoms with van der Waals surface area (Å²) < 4.78 is 44.1. The summed E-state index contributed by atoms with van der Waals surface area (Å²) in [5.41, 5.74) is 2.78. The van der Waals surface area contributed by atoms with E-state index in [4.69, 9.17) is 14.2 Å². The SMILES string of the molecule is COc1ccc(S(=O)(=O)N2CC[NH+](Cc3ccc4c(c3)OCO4)CC2)c(C)c1C. The molecule has 8 heteroatoms. The van der Waals surface area contributed by atoms with Crippen LogP contribution in [-0.2, 0) is 16.6 Å². The van der Waals surface area contributed by atoms with Crippen molar-refractivity contribution in [1.29, 1.82) is 0 Å². The number of hydrogen-bond acceptors (Lipinski definition) is 5. The molecule has 7 nitrogen and oxygen atoms in total. The number of piperazine rings is 1. The van der Waals surface area contributed by atoms with Gasteiger partial charge in [0.15, 0.2) is 11.5 Å². The van der Waals surface area contributed by atoms with Gasteiger partial charge in [-0.15, -0.1) is 0 Å². The molecule has 2 aromatic carbocycles.